The molecule has 0 bridgehead atoms. The van der Waals surface area contributed by atoms with E-state index in [1.807, 2.05) is 19.2 Å². The van der Waals surface area contributed by atoms with E-state index in [2.05, 4.69) is 20.7 Å². The number of benzene rings is 1. The first-order valence-corrected chi connectivity index (χ1v) is 10.9. The van der Waals surface area contributed by atoms with Gasteiger partial charge in [0.05, 0.1) is 23.4 Å². The Hall–Kier alpha value is -2.12. The number of pyridine rings is 1. The van der Waals surface area contributed by atoms with Crippen molar-refractivity contribution in [2.45, 2.75) is 31.1 Å². The van der Waals surface area contributed by atoms with Crippen molar-refractivity contribution in [3.05, 3.63) is 48.8 Å². The van der Waals surface area contributed by atoms with Crippen LogP contribution < -0.4 is 14.4 Å². The van der Waals surface area contributed by atoms with Crippen LogP contribution in [0.1, 0.15) is 26.2 Å². The van der Waals surface area contributed by atoms with Crippen LogP contribution in [-0.2, 0) is 10.0 Å². The summed E-state index contributed by atoms with van der Waals surface area (Å²) in [6.45, 7) is 4.96. The van der Waals surface area contributed by atoms with E-state index in [-0.39, 0.29) is 4.90 Å². The zero-order valence-electron chi connectivity index (χ0n) is 15.7. The Bertz CT molecular complexity index is 802. The largest absolute Gasteiger partial charge is 0.494 e. The minimum atomic E-state index is -3.49. The topological polar surface area (TPSA) is 71.5 Å². The van der Waals surface area contributed by atoms with Crippen LogP contribution in [-0.4, -0.2) is 39.6 Å². The van der Waals surface area contributed by atoms with E-state index in [0.29, 0.717) is 24.8 Å². The van der Waals surface area contributed by atoms with Crippen molar-refractivity contribution in [2.24, 2.45) is 5.92 Å². The number of nitrogens with zero attached hydrogens (tertiary/aromatic N) is 2. The molecule has 1 aliphatic heterocycles. The van der Waals surface area contributed by atoms with Gasteiger partial charge in [0.2, 0.25) is 10.0 Å². The van der Waals surface area contributed by atoms with Crippen LogP contribution in [0.2, 0.25) is 0 Å². The third-order valence-corrected chi connectivity index (χ3v) is 6.23. The SMILES string of the molecule is CCCOc1ccc(S(=O)(=O)NCC2CCN(c3cccnc3)CC2)cc1. The van der Waals surface area contributed by atoms with E-state index in [0.717, 1.165) is 38.0 Å². The highest BCUT2D eigenvalue weighted by Crippen LogP contribution is 2.23. The summed E-state index contributed by atoms with van der Waals surface area (Å²) >= 11 is 0. The molecular formula is C20H27N3O3S. The molecule has 2 heterocycles. The molecule has 1 aromatic heterocycles. The number of anilines is 1. The van der Waals surface area contributed by atoms with Crippen molar-refractivity contribution < 1.29 is 13.2 Å². The molecule has 1 N–H and O–H groups in total. The second-order valence-electron chi connectivity index (χ2n) is 6.81. The van der Waals surface area contributed by atoms with Crippen LogP contribution in [0.3, 0.4) is 0 Å². The molecule has 27 heavy (non-hydrogen) atoms. The van der Waals surface area contributed by atoms with Crippen molar-refractivity contribution >= 4 is 15.7 Å². The minimum absolute atomic E-state index is 0.277. The Morgan fingerprint density at radius 3 is 2.56 bits per heavy atom. The maximum Gasteiger partial charge on any atom is 0.240 e. The molecule has 0 unspecified atom stereocenters. The molecule has 2 aromatic rings. The Morgan fingerprint density at radius 1 is 1.19 bits per heavy atom. The Labute approximate surface area is 161 Å². The van der Waals surface area contributed by atoms with E-state index in [9.17, 15) is 8.42 Å². The van der Waals surface area contributed by atoms with Crippen molar-refractivity contribution in [3.63, 3.8) is 0 Å². The Kier molecular flexibility index (Phi) is 6.68. The summed E-state index contributed by atoms with van der Waals surface area (Å²) in [5.74, 6) is 1.04. The summed E-state index contributed by atoms with van der Waals surface area (Å²) in [6.07, 6.45) is 6.48. The van der Waals surface area contributed by atoms with E-state index in [4.69, 9.17) is 4.74 Å². The molecule has 3 rings (SSSR count). The summed E-state index contributed by atoms with van der Waals surface area (Å²) in [5, 5.41) is 0. The average Bonchev–Trinajstić information content (AvgIpc) is 2.72. The summed E-state index contributed by atoms with van der Waals surface area (Å²) in [7, 11) is -3.49. The molecule has 1 saturated heterocycles. The smallest absolute Gasteiger partial charge is 0.240 e. The highest BCUT2D eigenvalue weighted by atomic mass is 32.2. The van der Waals surface area contributed by atoms with E-state index in [1.165, 1.54) is 0 Å². The molecule has 1 aliphatic rings. The number of nitrogens with one attached hydrogen (secondary N) is 1. The first-order chi connectivity index (χ1) is 13.1. The lowest BCUT2D eigenvalue weighted by Gasteiger charge is -2.33. The van der Waals surface area contributed by atoms with E-state index < -0.39 is 10.0 Å². The quantitative estimate of drug-likeness (QED) is 0.751. The van der Waals surface area contributed by atoms with Gasteiger partial charge in [-0.05, 0) is 61.6 Å². The van der Waals surface area contributed by atoms with Crippen molar-refractivity contribution in [3.8, 4) is 5.75 Å². The molecule has 7 heteroatoms. The van der Waals surface area contributed by atoms with Crippen molar-refractivity contribution in [2.75, 3.05) is 31.1 Å². The fraction of sp³-hybridized carbons (Fsp3) is 0.450. The summed E-state index contributed by atoms with van der Waals surface area (Å²) < 4.78 is 33.3. The third-order valence-electron chi connectivity index (χ3n) is 4.79. The number of aromatic nitrogens is 1. The maximum absolute atomic E-state index is 12.5. The van der Waals surface area contributed by atoms with Crippen molar-refractivity contribution in [1.29, 1.82) is 0 Å². The van der Waals surface area contributed by atoms with Crippen LogP contribution in [0.4, 0.5) is 5.69 Å². The van der Waals surface area contributed by atoms with Gasteiger partial charge in [0.1, 0.15) is 5.75 Å². The summed E-state index contributed by atoms with van der Waals surface area (Å²) in [4.78, 5) is 6.74. The lowest BCUT2D eigenvalue weighted by molar-refractivity contribution is 0.317. The van der Waals surface area contributed by atoms with Crippen molar-refractivity contribution in [1.82, 2.24) is 9.71 Å². The van der Waals surface area contributed by atoms with Crippen LogP contribution in [0.5, 0.6) is 5.75 Å². The molecule has 1 aromatic carbocycles. The normalized spacial score (nSPS) is 15.7. The first kappa shape index (κ1) is 19.6. The highest BCUT2D eigenvalue weighted by molar-refractivity contribution is 7.89. The first-order valence-electron chi connectivity index (χ1n) is 9.46. The fourth-order valence-corrected chi connectivity index (χ4v) is 4.30. The van der Waals surface area contributed by atoms with E-state index >= 15 is 0 Å². The van der Waals surface area contributed by atoms with Gasteiger partial charge in [0.15, 0.2) is 0 Å². The number of hydrogen-bond acceptors (Lipinski definition) is 5. The minimum Gasteiger partial charge on any atom is -0.494 e. The zero-order valence-corrected chi connectivity index (χ0v) is 16.5. The fourth-order valence-electron chi connectivity index (χ4n) is 3.18. The molecule has 0 radical (unpaired) electrons. The lowest BCUT2D eigenvalue weighted by Crippen LogP contribution is -2.38. The van der Waals surface area contributed by atoms with Gasteiger partial charge in [0.25, 0.3) is 0 Å². The van der Waals surface area contributed by atoms with Gasteiger partial charge in [-0.25, -0.2) is 13.1 Å². The van der Waals surface area contributed by atoms with Gasteiger partial charge in [-0.3, -0.25) is 4.98 Å². The number of sulfonamides is 1. The van der Waals surface area contributed by atoms with Gasteiger partial charge in [-0.2, -0.15) is 0 Å². The second-order valence-corrected chi connectivity index (χ2v) is 8.58. The molecule has 0 spiro atoms. The molecule has 146 valence electrons. The molecule has 0 saturated carbocycles. The van der Waals surface area contributed by atoms with Gasteiger partial charge in [0, 0.05) is 25.8 Å². The predicted octanol–water partition coefficient (Wildman–Crippen LogP) is 3.07. The maximum atomic E-state index is 12.5. The Balaban J connectivity index is 1.49. The monoisotopic (exact) mass is 389 g/mol. The lowest BCUT2D eigenvalue weighted by atomic mass is 9.97. The second kappa shape index (κ2) is 9.19. The number of hydrogen-bond donors (Lipinski definition) is 1. The van der Waals surface area contributed by atoms with Crippen LogP contribution in [0.15, 0.2) is 53.7 Å². The number of rotatable bonds is 8. The molecule has 6 nitrogen and oxygen atoms in total. The van der Waals surface area contributed by atoms with Gasteiger partial charge >= 0.3 is 0 Å². The van der Waals surface area contributed by atoms with Crippen LogP contribution in [0.25, 0.3) is 0 Å². The van der Waals surface area contributed by atoms with Gasteiger partial charge in [-0.1, -0.05) is 6.92 Å². The standard InChI is InChI=1S/C20H27N3O3S/c1-2-14-26-19-5-7-20(8-6-19)27(24,25)22-15-17-9-12-23(13-10-17)18-4-3-11-21-16-18/h3-8,11,16-17,22H,2,9-10,12-15H2,1H3. The summed E-state index contributed by atoms with van der Waals surface area (Å²) in [5.41, 5.74) is 1.13. The average molecular weight is 390 g/mol. The molecular weight excluding hydrogens is 362 g/mol. The third kappa shape index (κ3) is 5.43. The molecule has 0 atom stereocenters. The van der Waals surface area contributed by atoms with Gasteiger partial charge in [-0.15, -0.1) is 0 Å². The number of ether oxygens (including phenoxy) is 1. The predicted molar refractivity (Wildman–Crippen MR) is 107 cm³/mol. The van der Waals surface area contributed by atoms with Gasteiger partial charge < -0.3 is 9.64 Å². The molecule has 0 amide bonds. The van der Waals surface area contributed by atoms with E-state index in [1.54, 1.807) is 30.5 Å². The molecule has 0 aliphatic carbocycles. The summed E-state index contributed by atoms with van der Waals surface area (Å²) in [6, 6.07) is 10.6. The van der Waals surface area contributed by atoms with Crippen LogP contribution >= 0.6 is 0 Å². The Morgan fingerprint density at radius 2 is 1.93 bits per heavy atom. The molecule has 1 fully saturated rings. The van der Waals surface area contributed by atoms with Crippen LogP contribution in [0, 0.1) is 5.92 Å². The zero-order chi connectivity index (χ0) is 19.1. The number of piperidine rings is 1. The highest BCUT2D eigenvalue weighted by Gasteiger charge is 2.22.